The summed E-state index contributed by atoms with van der Waals surface area (Å²) in [6.07, 6.45) is 6.48. The molecule has 0 aliphatic heterocycles. The second-order valence-corrected chi connectivity index (χ2v) is 3.94. The molecule has 0 spiro atoms. The van der Waals surface area contributed by atoms with Gasteiger partial charge in [-0.25, -0.2) is 0 Å². The third kappa shape index (κ3) is 3.48. The lowest BCUT2D eigenvalue weighted by Crippen LogP contribution is -2.47. The van der Waals surface area contributed by atoms with Crippen LogP contribution in [0.1, 0.15) is 51.9 Å². The van der Waals surface area contributed by atoms with E-state index in [4.69, 9.17) is 0 Å². The van der Waals surface area contributed by atoms with Gasteiger partial charge in [0, 0.05) is 12.8 Å². The maximum atomic E-state index is 11.3. The second kappa shape index (κ2) is 5.78. The second-order valence-electron chi connectivity index (χ2n) is 3.94. The van der Waals surface area contributed by atoms with Crippen molar-refractivity contribution in [1.82, 2.24) is 5.32 Å². The molecule has 0 radical (unpaired) electrons. The number of ketones is 1. The van der Waals surface area contributed by atoms with E-state index in [0.717, 1.165) is 19.3 Å². The van der Waals surface area contributed by atoms with Crippen molar-refractivity contribution in [2.75, 3.05) is 0 Å². The monoisotopic (exact) mass is 197 g/mol. The molecule has 1 fully saturated rings. The highest BCUT2D eigenvalue weighted by Gasteiger charge is 2.28. The van der Waals surface area contributed by atoms with Crippen LogP contribution in [0.3, 0.4) is 0 Å². The van der Waals surface area contributed by atoms with Crippen LogP contribution in [0.25, 0.3) is 0 Å². The maximum absolute atomic E-state index is 11.3. The van der Waals surface area contributed by atoms with E-state index in [0.29, 0.717) is 12.8 Å². The molecular weight excluding hydrogens is 178 g/mol. The number of carbonyl (C=O) groups excluding carboxylic acids is 2. The number of unbranched alkanes of at least 4 members (excludes halogenated alkanes) is 3. The van der Waals surface area contributed by atoms with Crippen LogP contribution in [0.5, 0.6) is 0 Å². The van der Waals surface area contributed by atoms with Crippen molar-refractivity contribution in [3.63, 3.8) is 0 Å². The van der Waals surface area contributed by atoms with Crippen molar-refractivity contribution in [2.45, 2.75) is 57.9 Å². The van der Waals surface area contributed by atoms with Gasteiger partial charge in [0.25, 0.3) is 0 Å². The Kier molecular flexibility index (Phi) is 4.63. The fourth-order valence-electron chi connectivity index (χ4n) is 1.54. The molecule has 0 aromatic rings. The Balaban J connectivity index is 2.01. The minimum Gasteiger partial charge on any atom is -0.346 e. The first-order chi connectivity index (χ1) is 6.74. The average Bonchev–Trinajstić information content (AvgIpc) is 2.19. The Labute approximate surface area is 85.3 Å². The first-order valence-corrected chi connectivity index (χ1v) is 5.56. The van der Waals surface area contributed by atoms with Crippen molar-refractivity contribution in [2.24, 2.45) is 0 Å². The summed E-state index contributed by atoms with van der Waals surface area (Å²) in [4.78, 5) is 22.2. The Morgan fingerprint density at radius 3 is 2.71 bits per heavy atom. The molecule has 1 rings (SSSR count). The van der Waals surface area contributed by atoms with Gasteiger partial charge in [-0.3, -0.25) is 9.59 Å². The largest absolute Gasteiger partial charge is 0.346 e. The lowest BCUT2D eigenvalue weighted by Gasteiger charge is -2.24. The lowest BCUT2D eigenvalue weighted by atomic mass is 9.91. The Morgan fingerprint density at radius 1 is 1.43 bits per heavy atom. The van der Waals surface area contributed by atoms with Gasteiger partial charge in [0.2, 0.25) is 5.91 Å². The molecule has 0 saturated heterocycles. The van der Waals surface area contributed by atoms with E-state index in [-0.39, 0.29) is 17.7 Å². The Bertz CT molecular complexity index is 213. The van der Waals surface area contributed by atoms with Crippen LogP contribution in [0.4, 0.5) is 0 Å². The Hall–Kier alpha value is -0.860. The smallest absolute Gasteiger partial charge is 0.220 e. The number of hydrogen-bond donors (Lipinski definition) is 1. The zero-order valence-electron chi connectivity index (χ0n) is 8.84. The van der Waals surface area contributed by atoms with Gasteiger partial charge in [-0.1, -0.05) is 26.2 Å². The summed E-state index contributed by atoms with van der Waals surface area (Å²) in [6.45, 7) is 2.15. The predicted octanol–water partition coefficient (Wildman–Crippen LogP) is 1.80. The Morgan fingerprint density at radius 2 is 2.21 bits per heavy atom. The maximum Gasteiger partial charge on any atom is 0.220 e. The highest BCUT2D eigenvalue weighted by molar-refractivity contribution is 5.93. The molecule has 3 nitrogen and oxygen atoms in total. The minimum atomic E-state index is -0.159. The minimum absolute atomic E-state index is 0.0409. The molecule has 0 bridgehead atoms. The van der Waals surface area contributed by atoms with Crippen LogP contribution in [0.2, 0.25) is 0 Å². The molecule has 0 aromatic carbocycles. The summed E-state index contributed by atoms with van der Waals surface area (Å²) in [5.41, 5.74) is 0. The van der Waals surface area contributed by atoms with E-state index in [2.05, 4.69) is 12.2 Å². The molecule has 1 atom stereocenters. The molecular formula is C11H19NO2. The predicted molar refractivity (Wildman–Crippen MR) is 54.9 cm³/mol. The average molecular weight is 197 g/mol. The van der Waals surface area contributed by atoms with Crippen LogP contribution in [-0.2, 0) is 9.59 Å². The van der Waals surface area contributed by atoms with Gasteiger partial charge in [-0.05, 0) is 12.8 Å². The fraction of sp³-hybridized carbons (Fsp3) is 0.818. The van der Waals surface area contributed by atoms with Gasteiger partial charge in [-0.15, -0.1) is 0 Å². The molecule has 1 saturated carbocycles. The first kappa shape index (κ1) is 11.2. The van der Waals surface area contributed by atoms with Crippen LogP contribution in [-0.4, -0.2) is 17.7 Å². The highest BCUT2D eigenvalue weighted by Crippen LogP contribution is 2.14. The molecule has 3 heteroatoms. The van der Waals surface area contributed by atoms with Crippen LogP contribution < -0.4 is 5.32 Å². The van der Waals surface area contributed by atoms with Crippen molar-refractivity contribution in [3.8, 4) is 0 Å². The van der Waals surface area contributed by atoms with E-state index in [1.165, 1.54) is 12.8 Å². The van der Waals surface area contributed by atoms with Crippen LogP contribution in [0, 0.1) is 0 Å². The number of rotatable bonds is 6. The molecule has 1 N–H and O–H groups in total. The quantitative estimate of drug-likeness (QED) is 0.660. The number of hydrogen-bond acceptors (Lipinski definition) is 2. The van der Waals surface area contributed by atoms with Gasteiger partial charge in [0.15, 0.2) is 5.78 Å². The molecule has 1 aliphatic rings. The van der Waals surface area contributed by atoms with Gasteiger partial charge in [-0.2, -0.15) is 0 Å². The number of Topliss-reactive ketones (excluding diaryl/α,β-unsaturated/α-hetero) is 1. The molecule has 14 heavy (non-hydrogen) atoms. The van der Waals surface area contributed by atoms with E-state index in [9.17, 15) is 9.59 Å². The van der Waals surface area contributed by atoms with E-state index >= 15 is 0 Å². The van der Waals surface area contributed by atoms with Gasteiger partial charge in [0.05, 0.1) is 6.04 Å². The highest BCUT2D eigenvalue weighted by atomic mass is 16.2. The summed E-state index contributed by atoms with van der Waals surface area (Å²) in [5.74, 6) is 0.228. The van der Waals surface area contributed by atoms with Crippen molar-refractivity contribution in [1.29, 1.82) is 0 Å². The molecule has 1 amide bonds. The number of amides is 1. The standard InChI is InChI=1S/C11H19NO2/c1-2-3-4-5-6-11(14)12-9-7-8-10(9)13/h9H,2-8H2,1H3,(H,12,14)/t9-/m0/s1. The topological polar surface area (TPSA) is 46.2 Å². The van der Waals surface area contributed by atoms with E-state index in [1.807, 2.05) is 0 Å². The molecule has 0 heterocycles. The zero-order chi connectivity index (χ0) is 10.4. The van der Waals surface area contributed by atoms with Gasteiger partial charge >= 0.3 is 0 Å². The number of carbonyl (C=O) groups is 2. The first-order valence-electron chi connectivity index (χ1n) is 5.56. The molecule has 1 aliphatic carbocycles. The SMILES string of the molecule is CCCCCCC(=O)N[C@H]1CCC1=O. The summed E-state index contributed by atoms with van der Waals surface area (Å²) >= 11 is 0. The summed E-state index contributed by atoms with van der Waals surface area (Å²) in [5, 5.41) is 2.75. The number of nitrogens with one attached hydrogen (secondary N) is 1. The third-order valence-corrected chi connectivity index (χ3v) is 2.66. The molecule has 0 aromatic heterocycles. The van der Waals surface area contributed by atoms with Gasteiger partial charge in [0.1, 0.15) is 0 Å². The van der Waals surface area contributed by atoms with Crippen molar-refractivity contribution in [3.05, 3.63) is 0 Å². The van der Waals surface area contributed by atoms with Crippen LogP contribution in [0.15, 0.2) is 0 Å². The third-order valence-electron chi connectivity index (χ3n) is 2.66. The van der Waals surface area contributed by atoms with Crippen LogP contribution >= 0.6 is 0 Å². The summed E-state index contributed by atoms with van der Waals surface area (Å²) in [6, 6.07) is -0.159. The van der Waals surface area contributed by atoms with Gasteiger partial charge < -0.3 is 5.32 Å². The van der Waals surface area contributed by atoms with E-state index < -0.39 is 0 Å². The van der Waals surface area contributed by atoms with E-state index in [1.54, 1.807) is 0 Å². The normalized spacial score (nSPS) is 20.4. The lowest BCUT2D eigenvalue weighted by molar-refractivity contribution is -0.132. The fourth-order valence-corrected chi connectivity index (χ4v) is 1.54. The molecule has 0 unspecified atom stereocenters. The molecule has 80 valence electrons. The zero-order valence-corrected chi connectivity index (χ0v) is 8.84. The summed E-state index contributed by atoms with van der Waals surface area (Å²) < 4.78 is 0. The van der Waals surface area contributed by atoms with Crippen molar-refractivity contribution >= 4 is 11.7 Å². The van der Waals surface area contributed by atoms with Crippen molar-refractivity contribution < 1.29 is 9.59 Å². The summed E-state index contributed by atoms with van der Waals surface area (Å²) in [7, 11) is 0.